The van der Waals surface area contributed by atoms with E-state index in [0.717, 1.165) is 24.0 Å². The van der Waals surface area contributed by atoms with Gasteiger partial charge in [0.25, 0.3) is 0 Å². The number of hydrogen-bond donors (Lipinski definition) is 1. The summed E-state index contributed by atoms with van der Waals surface area (Å²) in [5.41, 5.74) is 2.25. The van der Waals surface area contributed by atoms with Crippen molar-refractivity contribution >= 4 is 0 Å². The molecule has 2 heteroatoms. The molecule has 0 bridgehead atoms. The molecule has 1 aromatic rings. The highest BCUT2D eigenvalue weighted by atomic mass is 19.1. The lowest BCUT2D eigenvalue weighted by Gasteiger charge is -2.26. The van der Waals surface area contributed by atoms with Crippen molar-refractivity contribution in [2.75, 3.05) is 7.05 Å². The maximum Gasteiger partial charge on any atom is 0.123 e. The third kappa shape index (κ3) is 2.82. The summed E-state index contributed by atoms with van der Waals surface area (Å²) in [4.78, 5) is 0. The van der Waals surface area contributed by atoms with Gasteiger partial charge in [-0.2, -0.15) is 0 Å². The van der Waals surface area contributed by atoms with E-state index in [1.807, 2.05) is 20.0 Å². The first-order chi connectivity index (χ1) is 7.63. The van der Waals surface area contributed by atoms with Crippen LogP contribution in [0.1, 0.15) is 43.9 Å². The number of halogens is 1. The lowest BCUT2D eigenvalue weighted by atomic mass is 9.87. The minimum absolute atomic E-state index is 0.146. The Balaban J connectivity index is 3.06. The average Bonchev–Trinajstić information content (AvgIpc) is 2.29. The molecule has 0 aliphatic heterocycles. The summed E-state index contributed by atoms with van der Waals surface area (Å²) in [5.74, 6) is 0.414. The monoisotopic (exact) mass is 223 g/mol. The molecular weight excluding hydrogens is 201 g/mol. The van der Waals surface area contributed by atoms with Crippen molar-refractivity contribution in [2.45, 2.75) is 39.7 Å². The molecule has 1 unspecified atom stereocenters. The van der Waals surface area contributed by atoms with Crippen LogP contribution >= 0.6 is 0 Å². The fourth-order valence-corrected chi connectivity index (χ4v) is 2.35. The van der Waals surface area contributed by atoms with E-state index in [1.54, 1.807) is 6.07 Å². The van der Waals surface area contributed by atoms with Gasteiger partial charge in [0.15, 0.2) is 0 Å². The quantitative estimate of drug-likeness (QED) is 0.800. The van der Waals surface area contributed by atoms with Crippen LogP contribution in [0.2, 0.25) is 0 Å². The molecule has 0 radical (unpaired) electrons. The Hall–Kier alpha value is -0.890. The highest BCUT2D eigenvalue weighted by molar-refractivity contribution is 5.30. The molecule has 0 saturated heterocycles. The molecule has 1 N–H and O–H groups in total. The zero-order valence-corrected chi connectivity index (χ0v) is 10.7. The van der Waals surface area contributed by atoms with Crippen molar-refractivity contribution in [1.29, 1.82) is 0 Å². The van der Waals surface area contributed by atoms with Gasteiger partial charge in [-0.05, 0) is 43.1 Å². The van der Waals surface area contributed by atoms with Crippen molar-refractivity contribution in [1.82, 2.24) is 5.32 Å². The first kappa shape index (κ1) is 13.2. The molecule has 90 valence electrons. The number of rotatable bonds is 5. The summed E-state index contributed by atoms with van der Waals surface area (Å²) in [6, 6.07) is 5.30. The molecular formula is C14H22FN. The summed E-state index contributed by atoms with van der Waals surface area (Å²) in [6.07, 6.45) is 2.22. The van der Waals surface area contributed by atoms with E-state index < -0.39 is 0 Å². The standard InChI is InChI=1S/C14H22FN/c1-5-11(6-2)14(16-4)13-9-12(15)8-7-10(13)3/h7-9,11,14,16H,5-6H2,1-4H3. The fourth-order valence-electron chi connectivity index (χ4n) is 2.35. The number of hydrogen-bond acceptors (Lipinski definition) is 1. The number of nitrogens with one attached hydrogen (secondary N) is 1. The van der Waals surface area contributed by atoms with Gasteiger partial charge in [-0.3, -0.25) is 0 Å². The van der Waals surface area contributed by atoms with E-state index in [1.165, 1.54) is 6.07 Å². The van der Waals surface area contributed by atoms with E-state index in [-0.39, 0.29) is 11.9 Å². The average molecular weight is 223 g/mol. The summed E-state index contributed by atoms with van der Waals surface area (Å²) in [7, 11) is 1.95. The molecule has 1 nitrogen and oxygen atoms in total. The SMILES string of the molecule is CCC(CC)C(NC)c1cc(F)ccc1C. The van der Waals surface area contributed by atoms with Crippen LogP contribution in [0.3, 0.4) is 0 Å². The van der Waals surface area contributed by atoms with Gasteiger partial charge in [0, 0.05) is 6.04 Å². The Kier molecular flexibility index (Phi) is 4.94. The maximum absolute atomic E-state index is 13.3. The van der Waals surface area contributed by atoms with Crippen LogP contribution in [0.4, 0.5) is 4.39 Å². The van der Waals surface area contributed by atoms with E-state index in [0.29, 0.717) is 5.92 Å². The normalized spacial score (nSPS) is 13.1. The van der Waals surface area contributed by atoms with E-state index in [2.05, 4.69) is 19.2 Å². The molecule has 0 spiro atoms. The van der Waals surface area contributed by atoms with Crippen molar-refractivity contribution in [3.63, 3.8) is 0 Å². The predicted octanol–water partition coefficient (Wildman–Crippen LogP) is 3.83. The molecule has 16 heavy (non-hydrogen) atoms. The lowest BCUT2D eigenvalue weighted by Crippen LogP contribution is -2.25. The summed E-state index contributed by atoms with van der Waals surface area (Å²) >= 11 is 0. The number of benzene rings is 1. The highest BCUT2D eigenvalue weighted by Crippen LogP contribution is 2.29. The second kappa shape index (κ2) is 6.00. The van der Waals surface area contributed by atoms with Crippen molar-refractivity contribution in [3.05, 3.63) is 35.1 Å². The summed E-state index contributed by atoms with van der Waals surface area (Å²) in [5, 5.41) is 3.32. The molecule has 0 amide bonds. The van der Waals surface area contributed by atoms with Crippen molar-refractivity contribution < 1.29 is 4.39 Å². The molecule has 1 aromatic carbocycles. The van der Waals surface area contributed by atoms with E-state index >= 15 is 0 Å². The molecule has 0 aliphatic carbocycles. The minimum Gasteiger partial charge on any atom is -0.313 e. The van der Waals surface area contributed by atoms with Gasteiger partial charge in [0.1, 0.15) is 5.82 Å². The van der Waals surface area contributed by atoms with Gasteiger partial charge in [-0.15, -0.1) is 0 Å². The van der Waals surface area contributed by atoms with Crippen LogP contribution in [0.25, 0.3) is 0 Å². The first-order valence-corrected chi connectivity index (χ1v) is 6.07. The fraction of sp³-hybridized carbons (Fsp3) is 0.571. The molecule has 0 heterocycles. The zero-order chi connectivity index (χ0) is 12.1. The Morgan fingerprint density at radius 3 is 2.38 bits per heavy atom. The Labute approximate surface area is 98.1 Å². The molecule has 0 saturated carbocycles. The second-order valence-electron chi connectivity index (χ2n) is 4.34. The third-order valence-corrected chi connectivity index (χ3v) is 3.41. The van der Waals surface area contributed by atoms with E-state index in [9.17, 15) is 4.39 Å². The van der Waals surface area contributed by atoms with Crippen LogP contribution in [0.15, 0.2) is 18.2 Å². The van der Waals surface area contributed by atoms with Gasteiger partial charge < -0.3 is 5.32 Å². The van der Waals surface area contributed by atoms with Crippen molar-refractivity contribution in [2.24, 2.45) is 5.92 Å². The van der Waals surface area contributed by atoms with Gasteiger partial charge in [0.2, 0.25) is 0 Å². The van der Waals surface area contributed by atoms with Crippen LogP contribution in [-0.2, 0) is 0 Å². The molecule has 0 aromatic heterocycles. The Morgan fingerprint density at radius 1 is 1.25 bits per heavy atom. The summed E-state index contributed by atoms with van der Waals surface area (Å²) in [6.45, 7) is 6.42. The first-order valence-electron chi connectivity index (χ1n) is 6.07. The Bertz CT molecular complexity index is 332. The summed E-state index contributed by atoms with van der Waals surface area (Å²) < 4.78 is 13.3. The van der Waals surface area contributed by atoms with Crippen LogP contribution in [0.5, 0.6) is 0 Å². The number of aryl methyl sites for hydroxylation is 1. The minimum atomic E-state index is -0.146. The van der Waals surface area contributed by atoms with E-state index in [4.69, 9.17) is 0 Å². The van der Waals surface area contributed by atoms with Gasteiger partial charge in [-0.25, -0.2) is 4.39 Å². The zero-order valence-electron chi connectivity index (χ0n) is 10.7. The highest BCUT2D eigenvalue weighted by Gasteiger charge is 2.20. The molecule has 0 aliphatic rings. The van der Waals surface area contributed by atoms with Gasteiger partial charge >= 0.3 is 0 Å². The molecule has 1 rings (SSSR count). The molecule has 1 atom stereocenters. The second-order valence-corrected chi connectivity index (χ2v) is 4.34. The van der Waals surface area contributed by atoms with Crippen molar-refractivity contribution in [3.8, 4) is 0 Å². The third-order valence-electron chi connectivity index (χ3n) is 3.41. The van der Waals surface area contributed by atoms with Crippen LogP contribution in [-0.4, -0.2) is 7.05 Å². The van der Waals surface area contributed by atoms with Crippen LogP contribution in [0, 0.1) is 18.7 Å². The topological polar surface area (TPSA) is 12.0 Å². The smallest absolute Gasteiger partial charge is 0.123 e. The molecule has 0 fully saturated rings. The maximum atomic E-state index is 13.3. The van der Waals surface area contributed by atoms with Gasteiger partial charge in [-0.1, -0.05) is 32.8 Å². The lowest BCUT2D eigenvalue weighted by molar-refractivity contribution is 0.357. The predicted molar refractivity (Wildman–Crippen MR) is 67.0 cm³/mol. The Morgan fingerprint density at radius 2 is 1.88 bits per heavy atom. The largest absolute Gasteiger partial charge is 0.313 e. The van der Waals surface area contributed by atoms with Crippen LogP contribution < -0.4 is 5.32 Å². The van der Waals surface area contributed by atoms with Gasteiger partial charge in [0.05, 0.1) is 0 Å².